The van der Waals surface area contributed by atoms with Crippen molar-refractivity contribution in [2.24, 2.45) is 0 Å². The predicted octanol–water partition coefficient (Wildman–Crippen LogP) is 3.21. The zero-order valence-electron chi connectivity index (χ0n) is 12.1. The monoisotopic (exact) mass is 356 g/mol. The van der Waals surface area contributed by atoms with Crippen LogP contribution >= 0.6 is 23.2 Å². The molecule has 0 spiro atoms. The van der Waals surface area contributed by atoms with E-state index >= 15 is 0 Å². The highest BCUT2D eigenvalue weighted by Crippen LogP contribution is 2.37. The SMILES string of the molecule is O=[N+]([O-])c1cc(Cl)c(N2CCN(Cc3ccon3)CC2)c(Cl)c1. The van der Waals surface area contributed by atoms with Gasteiger partial charge in [0.1, 0.15) is 6.26 Å². The molecule has 9 heteroatoms. The van der Waals surface area contributed by atoms with Crippen molar-refractivity contribution in [3.8, 4) is 0 Å². The molecule has 1 aromatic carbocycles. The number of non-ortho nitro benzene ring substituents is 1. The Balaban J connectivity index is 1.69. The Kier molecular flexibility index (Phi) is 4.70. The van der Waals surface area contributed by atoms with E-state index in [0.29, 0.717) is 15.7 Å². The number of nitro benzene ring substituents is 1. The van der Waals surface area contributed by atoms with Gasteiger partial charge in [0.2, 0.25) is 0 Å². The molecule has 0 saturated carbocycles. The Bertz CT molecular complexity index is 677. The van der Waals surface area contributed by atoms with Crippen LogP contribution in [0.15, 0.2) is 29.0 Å². The maximum Gasteiger partial charge on any atom is 0.272 e. The zero-order valence-corrected chi connectivity index (χ0v) is 13.6. The predicted molar refractivity (Wildman–Crippen MR) is 87.1 cm³/mol. The molecular formula is C14H14Cl2N4O3. The molecule has 122 valence electrons. The Labute approximate surface area is 142 Å². The Morgan fingerprint density at radius 3 is 2.39 bits per heavy atom. The van der Waals surface area contributed by atoms with E-state index < -0.39 is 4.92 Å². The maximum atomic E-state index is 10.8. The van der Waals surface area contributed by atoms with E-state index in [2.05, 4.69) is 10.1 Å². The van der Waals surface area contributed by atoms with Crippen molar-refractivity contribution in [2.45, 2.75) is 6.54 Å². The molecule has 7 nitrogen and oxygen atoms in total. The number of halogens is 2. The van der Waals surface area contributed by atoms with Crippen LogP contribution in [0.1, 0.15) is 5.69 Å². The van der Waals surface area contributed by atoms with Gasteiger partial charge in [0.25, 0.3) is 5.69 Å². The quantitative estimate of drug-likeness (QED) is 0.618. The smallest absolute Gasteiger partial charge is 0.272 e. The third-order valence-corrected chi connectivity index (χ3v) is 4.35. The summed E-state index contributed by atoms with van der Waals surface area (Å²) in [7, 11) is 0. The van der Waals surface area contributed by atoms with Gasteiger partial charge in [-0.25, -0.2) is 0 Å². The summed E-state index contributed by atoms with van der Waals surface area (Å²) in [4.78, 5) is 14.6. The average molecular weight is 357 g/mol. The van der Waals surface area contributed by atoms with E-state index in [9.17, 15) is 10.1 Å². The maximum absolute atomic E-state index is 10.8. The van der Waals surface area contributed by atoms with Gasteiger partial charge in [0.05, 0.1) is 26.3 Å². The van der Waals surface area contributed by atoms with Crippen molar-refractivity contribution in [2.75, 3.05) is 31.1 Å². The number of hydrogen-bond donors (Lipinski definition) is 0. The molecule has 0 atom stereocenters. The molecular weight excluding hydrogens is 343 g/mol. The number of piperazine rings is 1. The first-order chi connectivity index (χ1) is 11.0. The molecule has 2 aromatic rings. The highest BCUT2D eigenvalue weighted by molar-refractivity contribution is 6.39. The minimum absolute atomic E-state index is 0.103. The van der Waals surface area contributed by atoms with Crippen molar-refractivity contribution in [3.63, 3.8) is 0 Å². The molecule has 0 radical (unpaired) electrons. The van der Waals surface area contributed by atoms with Crippen molar-refractivity contribution < 1.29 is 9.45 Å². The lowest BCUT2D eigenvalue weighted by molar-refractivity contribution is -0.384. The van der Waals surface area contributed by atoms with Gasteiger partial charge in [-0.05, 0) is 0 Å². The van der Waals surface area contributed by atoms with Gasteiger partial charge < -0.3 is 9.42 Å². The molecule has 1 fully saturated rings. The molecule has 0 unspecified atom stereocenters. The molecule has 2 heterocycles. The molecule has 3 rings (SSSR count). The van der Waals surface area contributed by atoms with Gasteiger partial charge in [-0.3, -0.25) is 15.0 Å². The molecule has 1 aromatic heterocycles. The first kappa shape index (κ1) is 16.0. The Hall–Kier alpha value is -1.83. The lowest BCUT2D eigenvalue weighted by Gasteiger charge is -2.36. The van der Waals surface area contributed by atoms with Gasteiger partial charge in [0.15, 0.2) is 0 Å². The number of hydrogen-bond acceptors (Lipinski definition) is 6. The molecule has 0 amide bonds. The molecule has 1 aliphatic heterocycles. The molecule has 0 aliphatic carbocycles. The minimum atomic E-state index is -0.503. The number of rotatable bonds is 4. The Morgan fingerprint density at radius 1 is 1.22 bits per heavy atom. The summed E-state index contributed by atoms with van der Waals surface area (Å²) in [6.07, 6.45) is 1.56. The van der Waals surface area contributed by atoms with Crippen molar-refractivity contribution in [3.05, 3.63) is 50.3 Å². The normalized spacial score (nSPS) is 15.8. The second-order valence-corrected chi connectivity index (χ2v) is 6.08. The summed E-state index contributed by atoms with van der Waals surface area (Å²) in [5.41, 5.74) is 1.44. The second kappa shape index (κ2) is 6.74. The van der Waals surface area contributed by atoms with Crippen molar-refractivity contribution in [1.29, 1.82) is 0 Å². The number of benzene rings is 1. The molecule has 1 saturated heterocycles. The van der Waals surface area contributed by atoms with Crippen LogP contribution in [0.5, 0.6) is 0 Å². The number of anilines is 1. The van der Waals surface area contributed by atoms with E-state index in [1.54, 1.807) is 6.26 Å². The summed E-state index contributed by atoms with van der Waals surface area (Å²) >= 11 is 12.4. The third kappa shape index (κ3) is 3.57. The summed E-state index contributed by atoms with van der Waals surface area (Å²) in [6.45, 7) is 3.82. The average Bonchev–Trinajstić information content (AvgIpc) is 3.01. The van der Waals surface area contributed by atoms with E-state index in [1.807, 2.05) is 11.0 Å². The fraction of sp³-hybridized carbons (Fsp3) is 0.357. The molecule has 1 aliphatic rings. The summed E-state index contributed by atoms with van der Waals surface area (Å²) in [5, 5.41) is 15.3. The Morgan fingerprint density at radius 2 is 1.87 bits per heavy atom. The van der Waals surface area contributed by atoms with E-state index in [1.165, 1.54) is 12.1 Å². The highest BCUT2D eigenvalue weighted by atomic mass is 35.5. The van der Waals surface area contributed by atoms with E-state index in [4.69, 9.17) is 27.7 Å². The van der Waals surface area contributed by atoms with Crippen LogP contribution in [0, 0.1) is 10.1 Å². The van der Waals surface area contributed by atoms with Crippen LogP contribution in [0.2, 0.25) is 10.0 Å². The second-order valence-electron chi connectivity index (χ2n) is 5.27. The standard InChI is InChI=1S/C14H14Cl2N4O3/c15-12-7-11(20(21)22)8-13(16)14(12)19-4-2-18(3-5-19)9-10-1-6-23-17-10/h1,6-8H,2-5,9H2. The van der Waals surface area contributed by atoms with Crippen LogP contribution in [-0.2, 0) is 6.54 Å². The van der Waals surface area contributed by atoms with Gasteiger partial charge >= 0.3 is 0 Å². The van der Waals surface area contributed by atoms with E-state index in [0.717, 1.165) is 38.4 Å². The molecule has 23 heavy (non-hydrogen) atoms. The largest absolute Gasteiger partial charge is 0.367 e. The fourth-order valence-electron chi connectivity index (χ4n) is 2.64. The van der Waals surface area contributed by atoms with Gasteiger partial charge in [-0.1, -0.05) is 28.4 Å². The lowest BCUT2D eigenvalue weighted by Crippen LogP contribution is -2.46. The molecule has 0 N–H and O–H groups in total. The number of nitro groups is 1. The number of nitrogens with zero attached hydrogens (tertiary/aromatic N) is 4. The minimum Gasteiger partial charge on any atom is -0.367 e. The van der Waals surface area contributed by atoms with Crippen LogP contribution in [0.25, 0.3) is 0 Å². The van der Waals surface area contributed by atoms with Gasteiger partial charge in [-0.15, -0.1) is 0 Å². The first-order valence-electron chi connectivity index (χ1n) is 7.04. The zero-order chi connectivity index (χ0) is 16.4. The summed E-state index contributed by atoms with van der Waals surface area (Å²) in [6, 6.07) is 4.52. The van der Waals surface area contributed by atoms with Crippen LogP contribution < -0.4 is 4.90 Å². The van der Waals surface area contributed by atoms with Gasteiger partial charge in [-0.2, -0.15) is 0 Å². The summed E-state index contributed by atoms with van der Waals surface area (Å²) < 4.78 is 4.83. The number of aromatic nitrogens is 1. The van der Waals surface area contributed by atoms with Crippen molar-refractivity contribution >= 4 is 34.6 Å². The first-order valence-corrected chi connectivity index (χ1v) is 7.80. The summed E-state index contributed by atoms with van der Waals surface area (Å²) in [5.74, 6) is 0. The van der Waals surface area contributed by atoms with Crippen LogP contribution in [0.3, 0.4) is 0 Å². The highest BCUT2D eigenvalue weighted by Gasteiger charge is 2.23. The van der Waals surface area contributed by atoms with Crippen LogP contribution in [-0.4, -0.2) is 41.2 Å². The topological polar surface area (TPSA) is 75.7 Å². The van der Waals surface area contributed by atoms with Crippen LogP contribution in [0.4, 0.5) is 11.4 Å². The third-order valence-electron chi connectivity index (χ3n) is 3.78. The lowest BCUT2D eigenvalue weighted by atomic mass is 10.2. The van der Waals surface area contributed by atoms with Crippen molar-refractivity contribution in [1.82, 2.24) is 10.1 Å². The fourth-order valence-corrected chi connectivity index (χ4v) is 3.35. The van der Waals surface area contributed by atoms with Gasteiger partial charge in [0, 0.05) is 50.9 Å². The molecule has 0 bridgehead atoms. The van der Waals surface area contributed by atoms with E-state index in [-0.39, 0.29) is 5.69 Å².